The summed E-state index contributed by atoms with van der Waals surface area (Å²) in [5, 5.41) is 0. The highest BCUT2D eigenvalue weighted by Crippen LogP contribution is 2.15. The van der Waals surface area contributed by atoms with Gasteiger partial charge in [0.15, 0.2) is 0 Å². The summed E-state index contributed by atoms with van der Waals surface area (Å²) in [5.41, 5.74) is 0. The van der Waals surface area contributed by atoms with Crippen LogP contribution in [0.3, 0.4) is 0 Å². The molecule has 0 amide bonds. The quantitative estimate of drug-likeness (QED) is 0.843. The van der Waals surface area contributed by atoms with Crippen molar-refractivity contribution >= 4 is 36.2 Å². The zero-order chi connectivity index (χ0) is 11.3. The van der Waals surface area contributed by atoms with Gasteiger partial charge in [-0.3, -0.25) is 8.74 Å². The van der Waals surface area contributed by atoms with Crippen LogP contribution in [-0.4, -0.2) is 22.0 Å². The van der Waals surface area contributed by atoms with E-state index in [1.807, 2.05) is 12.1 Å². The van der Waals surface area contributed by atoms with Crippen LogP contribution in [0.5, 0.6) is 5.75 Å². The minimum absolute atomic E-state index is 0.0190. The predicted octanol–water partition coefficient (Wildman–Crippen LogP) is 1.98. The van der Waals surface area contributed by atoms with Crippen molar-refractivity contribution < 1.29 is 17.7 Å². The second kappa shape index (κ2) is 5.76. The SMILES string of the molecule is O=S(O)(=S)OCCOc1ccc(Br)cc1. The third-order valence-electron chi connectivity index (χ3n) is 1.40. The molecule has 1 N–H and O–H groups in total. The second-order valence-electron chi connectivity index (χ2n) is 2.55. The highest BCUT2D eigenvalue weighted by atomic mass is 79.9. The van der Waals surface area contributed by atoms with Crippen LogP contribution in [0.1, 0.15) is 0 Å². The fraction of sp³-hybridized carbons (Fsp3) is 0.250. The molecule has 0 fully saturated rings. The number of halogens is 1. The maximum absolute atomic E-state index is 10.5. The lowest BCUT2D eigenvalue weighted by molar-refractivity contribution is 0.216. The van der Waals surface area contributed by atoms with E-state index in [1.165, 1.54) is 0 Å². The van der Waals surface area contributed by atoms with Gasteiger partial charge >= 0.3 is 0 Å². The molecule has 0 heterocycles. The van der Waals surface area contributed by atoms with Gasteiger partial charge < -0.3 is 4.74 Å². The van der Waals surface area contributed by atoms with Gasteiger partial charge in [-0.1, -0.05) is 15.9 Å². The summed E-state index contributed by atoms with van der Waals surface area (Å²) in [5.74, 6) is 0.663. The average Bonchev–Trinajstić information content (AvgIpc) is 2.14. The van der Waals surface area contributed by atoms with Crippen molar-refractivity contribution in [1.82, 2.24) is 0 Å². The molecule has 0 bridgehead atoms. The first-order chi connectivity index (χ1) is 6.97. The molecule has 84 valence electrons. The molecule has 0 aliphatic carbocycles. The van der Waals surface area contributed by atoms with E-state index in [4.69, 9.17) is 9.29 Å². The smallest absolute Gasteiger partial charge is 0.266 e. The Bertz CT molecular complexity index is 401. The fourth-order valence-electron chi connectivity index (χ4n) is 0.830. The first-order valence-corrected chi connectivity index (χ1v) is 7.13. The molecule has 1 aromatic carbocycles. The predicted molar refractivity (Wildman–Crippen MR) is 63.7 cm³/mol. The third kappa shape index (κ3) is 6.06. The normalized spacial score (nSPS) is 14.5. The molecule has 0 spiro atoms. The lowest BCUT2D eigenvalue weighted by Crippen LogP contribution is -2.10. The average molecular weight is 313 g/mol. The Balaban J connectivity index is 2.29. The second-order valence-corrected chi connectivity index (χ2v) is 5.82. The number of ether oxygens (including phenoxy) is 1. The standard InChI is InChI=1S/C8H9BrO4S2/c9-7-1-3-8(4-2-7)12-5-6-13-15(10,11)14/h1-4H,5-6H2,(H,10,11,14). The fourth-order valence-corrected chi connectivity index (χ4v) is 1.58. The Hall–Kier alpha value is -0.210. The molecular weight excluding hydrogens is 304 g/mol. The molecule has 1 atom stereocenters. The molecule has 15 heavy (non-hydrogen) atoms. The summed E-state index contributed by atoms with van der Waals surface area (Å²) in [7, 11) is -3.54. The van der Waals surface area contributed by atoms with Crippen LogP contribution in [-0.2, 0) is 24.4 Å². The van der Waals surface area contributed by atoms with E-state index < -0.39 is 9.05 Å². The zero-order valence-corrected chi connectivity index (χ0v) is 10.8. The summed E-state index contributed by atoms with van der Waals surface area (Å²) in [6.45, 7) is 0.157. The molecule has 0 saturated heterocycles. The van der Waals surface area contributed by atoms with Crippen LogP contribution in [0.4, 0.5) is 0 Å². The van der Waals surface area contributed by atoms with E-state index in [1.54, 1.807) is 12.1 Å². The first kappa shape index (κ1) is 12.9. The van der Waals surface area contributed by atoms with Crippen molar-refractivity contribution in [3.63, 3.8) is 0 Å². The molecule has 0 aromatic heterocycles. The van der Waals surface area contributed by atoms with Gasteiger partial charge in [-0.25, -0.2) is 0 Å². The first-order valence-electron chi connectivity index (χ1n) is 3.97. The highest BCUT2D eigenvalue weighted by Gasteiger charge is 1.99. The Kier molecular flexibility index (Phi) is 4.94. The maximum atomic E-state index is 10.5. The van der Waals surface area contributed by atoms with Crippen molar-refractivity contribution in [2.75, 3.05) is 13.2 Å². The number of rotatable bonds is 5. The molecule has 7 heteroatoms. The minimum Gasteiger partial charge on any atom is -0.491 e. The number of hydrogen-bond donors (Lipinski definition) is 1. The van der Waals surface area contributed by atoms with Gasteiger partial charge in [-0.05, 0) is 24.3 Å². The van der Waals surface area contributed by atoms with Gasteiger partial charge in [0.2, 0.25) is 0 Å². The summed E-state index contributed by atoms with van der Waals surface area (Å²) < 4.78 is 29.8. The van der Waals surface area contributed by atoms with E-state index in [0.29, 0.717) is 5.75 Å². The van der Waals surface area contributed by atoms with E-state index >= 15 is 0 Å². The van der Waals surface area contributed by atoms with Gasteiger partial charge in [-0.2, -0.15) is 4.21 Å². The molecule has 0 aliphatic rings. The van der Waals surface area contributed by atoms with E-state index in [9.17, 15) is 4.21 Å². The molecule has 1 rings (SSSR count). The molecule has 1 unspecified atom stereocenters. The lowest BCUT2D eigenvalue weighted by Gasteiger charge is -2.05. The van der Waals surface area contributed by atoms with E-state index in [2.05, 4.69) is 31.3 Å². The summed E-state index contributed by atoms with van der Waals surface area (Å²) in [6, 6.07) is 7.21. The Morgan fingerprint density at radius 2 is 1.93 bits per heavy atom. The van der Waals surface area contributed by atoms with E-state index in [0.717, 1.165) is 4.47 Å². The summed E-state index contributed by atoms with van der Waals surface area (Å²) in [4.78, 5) is 0. The largest absolute Gasteiger partial charge is 0.491 e. The van der Waals surface area contributed by atoms with Crippen LogP contribution in [0.25, 0.3) is 0 Å². The van der Waals surface area contributed by atoms with Gasteiger partial charge in [0.05, 0.1) is 0 Å². The monoisotopic (exact) mass is 312 g/mol. The van der Waals surface area contributed by atoms with Crippen molar-refractivity contribution in [1.29, 1.82) is 0 Å². The van der Waals surface area contributed by atoms with Crippen LogP contribution < -0.4 is 4.74 Å². The van der Waals surface area contributed by atoms with Gasteiger partial charge in [0, 0.05) is 15.7 Å². The Morgan fingerprint density at radius 1 is 1.33 bits per heavy atom. The van der Waals surface area contributed by atoms with Crippen LogP contribution >= 0.6 is 15.9 Å². The minimum atomic E-state index is -3.54. The zero-order valence-electron chi connectivity index (χ0n) is 7.59. The Morgan fingerprint density at radius 3 is 2.47 bits per heavy atom. The maximum Gasteiger partial charge on any atom is 0.266 e. The van der Waals surface area contributed by atoms with Crippen LogP contribution in [0, 0.1) is 0 Å². The molecule has 1 aromatic rings. The van der Waals surface area contributed by atoms with Crippen molar-refractivity contribution in [3.05, 3.63) is 28.7 Å². The van der Waals surface area contributed by atoms with Crippen molar-refractivity contribution in [2.45, 2.75) is 0 Å². The van der Waals surface area contributed by atoms with Crippen LogP contribution in [0.15, 0.2) is 28.7 Å². The molecule has 4 nitrogen and oxygen atoms in total. The lowest BCUT2D eigenvalue weighted by atomic mass is 10.3. The molecular formula is C8H9BrO4S2. The van der Waals surface area contributed by atoms with Crippen LogP contribution in [0.2, 0.25) is 0 Å². The molecule has 0 aliphatic heterocycles. The third-order valence-corrected chi connectivity index (χ3v) is 2.68. The van der Waals surface area contributed by atoms with Gasteiger partial charge in [0.25, 0.3) is 9.05 Å². The van der Waals surface area contributed by atoms with Gasteiger partial charge in [0.1, 0.15) is 19.0 Å². The van der Waals surface area contributed by atoms with Gasteiger partial charge in [-0.15, -0.1) is 0 Å². The molecule has 0 radical (unpaired) electrons. The topological polar surface area (TPSA) is 55.8 Å². The van der Waals surface area contributed by atoms with E-state index in [-0.39, 0.29) is 13.2 Å². The summed E-state index contributed by atoms with van der Waals surface area (Å²) >= 11 is 7.42. The highest BCUT2D eigenvalue weighted by molar-refractivity contribution is 9.10. The van der Waals surface area contributed by atoms with Crippen molar-refractivity contribution in [3.8, 4) is 5.75 Å². The number of benzene rings is 1. The summed E-state index contributed by atoms with van der Waals surface area (Å²) in [6.07, 6.45) is 0. The Labute approximate surface area is 101 Å². The molecule has 0 saturated carbocycles. The van der Waals surface area contributed by atoms with Crippen molar-refractivity contribution in [2.24, 2.45) is 0 Å². The number of hydrogen-bond acceptors (Lipinski definition) is 4.